The van der Waals surface area contributed by atoms with Crippen LogP contribution in [0.1, 0.15) is 5.56 Å². The van der Waals surface area contributed by atoms with Crippen LogP contribution in [0.5, 0.6) is 0 Å². The fourth-order valence-electron chi connectivity index (χ4n) is 2.30. The summed E-state index contributed by atoms with van der Waals surface area (Å²) in [5.74, 6) is -2.46. The molecule has 1 aromatic carbocycles. The third-order valence-electron chi connectivity index (χ3n) is 3.40. The van der Waals surface area contributed by atoms with Crippen molar-refractivity contribution in [2.45, 2.75) is 6.42 Å². The van der Waals surface area contributed by atoms with Gasteiger partial charge < -0.3 is 0 Å². The minimum atomic E-state index is -0.858. The van der Waals surface area contributed by atoms with E-state index in [1.54, 1.807) is 0 Å². The van der Waals surface area contributed by atoms with Gasteiger partial charge >= 0.3 is 0 Å². The van der Waals surface area contributed by atoms with Crippen molar-refractivity contribution in [1.29, 1.82) is 0 Å². The third kappa shape index (κ3) is 2.59. The van der Waals surface area contributed by atoms with Gasteiger partial charge in [0, 0.05) is 17.8 Å². The van der Waals surface area contributed by atoms with Gasteiger partial charge in [0.2, 0.25) is 0 Å². The molecule has 0 bridgehead atoms. The smallest absolute Gasteiger partial charge is 0.194 e. The van der Waals surface area contributed by atoms with E-state index in [1.165, 1.54) is 16.8 Å². The largest absolute Gasteiger partial charge is 0.298 e. The summed E-state index contributed by atoms with van der Waals surface area (Å²) in [4.78, 5) is 16.1. The molecule has 2 aromatic heterocycles. The number of hydrogen-bond donors (Lipinski definition) is 0. The van der Waals surface area contributed by atoms with Crippen molar-refractivity contribution in [3.8, 4) is 5.69 Å². The molecule has 0 aliphatic heterocycles. The summed E-state index contributed by atoms with van der Waals surface area (Å²) >= 11 is 5.67. The van der Waals surface area contributed by atoms with Gasteiger partial charge in [-0.15, -0.1) is 0 Å². The van der Waals surface area contributed by atoms with Crippen LogP contribution in [0.25, 0.3) is 16.7 Å². The van der Waals surface area contributed by atoms with E-state index < -0.39 is 28.0 Å². The van der Waals surface area contributed by atoms with Crippen molar-refractivity contribution in [2.24, 2.45) is 0 Å². The van der Waals surface area contributed by atoms with Gasteiger partial charge in [0.1, 0.15) is 17.3 Å². The van der Waals surface area contributed by atoms with Gasteiger partial charge in [0.15, 0.2) is 16.4 Å². The first kappa shape index (κ1) is 15.6. The highest BCUT2D eigenvalue weighted by atomic mass is 35.5. The van der Waals surface area contributed by atoms with Crippen LogP contribution in [0.15, 0.2) is 35.3 Å². The number of rotatable bonds is 2. The zero-order valence-corrected chi connectivity index (χ0v) is 12.4. The highest BCUT2D eigenvalue weighted by Gasteiger charge is 2.16. The van der Waals surface area contributed by atoms with E-state index in [2.05, 4.69) is 11.9 Å². The molecule has 1 radical (unpaired) electrons. The summed E-state index contributed by atoms with van der Waals surface area (Å²) in [5.41, 5.74) is -0.285. The molecular weight excluding hydrogens is 329 g/mol. The Morgan fingerprint density at radius 1 is 1.17 bits per heavy atom. The number of fused-ring (bicyclic) bond motifs is 1. The number of pyridine rings is 2. The predicted molar refractivity (Wildman–Crippen MR) is 81.3 cm³/mol. The Hall–Kier alpha value is -2.34. The number of hydrogen-bond acceptors (Lipinski definition) is 2. The molecule has 117 valence electrons. The van der Waals surface area contributed by atoms with Crippen LogP contribution in [-0.2, 0) is 6.42 Å². The Bertz CT molecular complexity index is 985. The summed E-state index contributed by atoms with van der Waals surface area (Å²) in [5, 5.41) is -0.507. The van der Waals surface area contributed by atoms with Gasteiger partial charge in [-0.2, -0.15) is 0 Å². The zero-order chi connectivity index (χ0) is 16.7. The molecular formula is C16H9ClF3N2O. The molecule has 7 heteroatoms. The Morgan fingerprint density at radius 2 is 1.91 bits per heavy atom. The topological polar surface area (TPSA) is 34.9 Å². The molecule has 0 fully saturated rings. The molecule has 3 rings (SSSR count). The second-order valence-electron chi connectivity index (χ2n) is 4.83. The fourth-order valence-corrected chi connectivity index (χ4v) is 2.43. The predicted octanol–water partition coefficient (Wildman–Crippen LogP) is 3.83. The van der Waals surface area contributed by atoms with Gasteiger partial charge in [-0.05, 0) is 31.5 Å². The lowest BCUT2D eigenvalue weighted by atomic mass is 10.1. The van der Waals surface area contributed by atoms with Crippen LogP contribution in [0.2, 0.25) is 5.15 Å². The van der Waals surface area contributed by atoms with E-state index >= 15 is 0 Å². The maximum Gasteiger partial charge on any atom is 0.194 e. The van der Waals surface area contributed by atoms with Crippen molar-refractivity contribution < 1.29 is 13.2 Å². The minimum absolute atomic E-state index is 0.0240. The van der Waals surface area contributed by atoms with Gasteiger partial charge in [-0.1, -0.05) is 11.6 Å². The Kier molecular flexibility index (Phi) is 3.85. The standard InChI is InChI=1S/C16H9ClF3N2O/c1-2-8-7-22(13-4-3-9(18)5-11(13)19)16-10(14(8)23)6-12(20)15(17)21-16/h3-7H,1-2H2. The van der Waals surface area contributed by atoms with Gasteiger partial charge in [0.25, 0.3) is 0 Å². The molecule has 0 aliphatic rings. The summed E-state index contributed by atoms with van der Waals surface area (Å²) in [7, 11) is 0. The van der Waals surface area contributed by atoms with E-state index in [4.69, 9.17) is 11.6 Å². The van der Waals surface area contributed by atoms with Gasteiger partial charge in [-0.3, -0.25) is 9.36 Å². The maximum absolute atomic E-state index is 14.1. The maximum atomic E-state index is 14.1. The third-order valence-corrected chi connectivity index (χ3v) is 3.67. The molecule has 0 saturated heterocycles. The average Bonchev–Trinajstić information content (AvgIpc) is 2.51. The first-order valence-corrected chi connectivity index (χ1v) is 6.95. The van der Waals surface area contributed by atoms with Crippen molar-refractivity contribution >= 4 is 22.6 Å². The fraction of sp³-hybridized carbons (Fsp3) is 0.0625. The van der Waals surface area contributed by atoms with Crippen molar-refractivity contribution in [1.82, 2.24) is 9.55 Å². The van der Waals surface area contributed by atoms with Crippen LogP contribution in [0.4, 0.5) is 13.2 Å². The summed E-state index contributed by atoms with van der Waals surface area (Å²) in [6, 6.07) is 3.91. The molecule has 3 aromatic rings. The molecule has 2 heterocycles. The quantitative estimate of drug-likeness (QED) is 0.666. The Morgan fingerprint density at radius 3 is 2.57 bits per heavy atom. The number of halogens is 4. The molecule has 0 saturated carbocycles. The molecule has 0 unspecified atom stereocenters. The molecule has 0 aliphatic carbocycles. The van der Waals surface area contributed by atoms with Gasteiger partial charge in [0.05, 0.1) is 11.1 Å². The first-order valence-electron chi connectivity index (χ1n) is 6.57. The van der Waals surface area contributed by atoms with Crippen molar-refractivity contribution in [3.05, 3.63) is 75.8 Å². The lowest BCUT2D eigenvalue weighted by Gasteiger charge is -2.13. The molecule has 0 amide bonds. The molecule has 0 spiro atoms. The second-order valence-corrected chi connectivity index (χ2v) is 5.19. The molecule has 0 N–H and O–H groups in total. The van der Waals surface area contributed by atoms with E-state index in [0.29, 0.717) is 6.07 Å². The van der Waals surface area contributed by atoms with Gasteiger partial charge in [-0.25, -0.2) is 18.2 Å². The van der Waals surface area contributed by atoms with Crippen LogP contribution < -0.4 is 5.43 Å². The van der Waals surface area contributed by atoms with E-state index in [0.717, 1.165) is 12.1 Å². The molecule has 23 heavy (non-hydrogen) atoms. The number of aromatic nitrogens is 2. The lowest BCUT2D eigenvalue weighted by Crippen LogP contribution is -2.15. The van der Waals surface area contributed by atoms with Crippen LogP contribution in [0, 0.1) is 24.4 Å². The number of nitrogens with zero attached hydrogens (tertiary/aromatic N) is 2. The number of benzene rings is 1. The summed E-state index contributed by atoms with van der Waals surface area (Å²) in [6.07, 6.45) is 1.46. The molecule has 3 nitrogen and oxygen atoms in total. The van der Waals surface area contributed by atoms with Crippen LogP contribution >= 0.6 is 11.6 Å². The SMILES string of the molecule is [CH2]Cc1cn(-c2ccc(F)cc2F)c2nc(Cl)c(F)cc2c1=O. The second kappa shape index (κ2) is 5.70. The van der Waals surface area contributed by atoms with Crippen molar-refractivity contribution in [2.75, 3.05) is 0 Å². The highest BCUT2D eigenvalue weighted by molar-refractivity contribution is 6.29. The molecule has 0 atom stereocenters. The van der Waals surface area contributed by atoms with Crippen LogP contribution in [-0.4, -0.2) is 9.55 Å². The monoisotopic (exact) mass is 337 g/mol. The summed E-state index contributed by atoms with van der Waals surface area (Å²) < 4.78 is 42.1. The Labute approximate surface area is 134 Å². The summed E-state index contributed by atoms with van der Waals surface area (Å²) in [6.45, 7) is 3.63. The van der Waals surface area contributed by atoms with Crippen molar-refractivity contribution in [3.63, 3.8) is 0 Å². The first-order chi connectivity index (χ1) is 10.9. The van der Waals surface area contributed by atoms with E-state index in [9.17, 15) is 18.0 Å². The Balaban J connectivity index is 2.46. The highest BCUT2D eigenvalue weighted by Crippen LogP contribution is 2.23. The van der Waals surface area contributed by atoms with Crippen LogP contribution in [0.3, 0.4) is 0 Å². The zero-order valence-electron chi connectivity index (χ0n) is 11.6. The average molecular weight is 338 g/mol. The van der Waals surface area contributed by atoms with E-state index in [1.807, 2.05) is 0 Å². The minimum Gasteiger partial charge on any atom is -0.298 e. The lowest BCUT2D eigenvalue weighted by molar-refractivity contribution is 0.578. The van der Waals surface area contributed by atoms with E-state index in [-0.39, 0.29) is 28.7 Å². The normalized spacial score (nSPS) is 11.2.